The Morgan fingerprint density at radius 1 is 1.09 bits per heavy atom. The molecule has 170 valence electrons. The summed E-state index contributed by atoms with van der Waals surface area (Å²) in [5.74, 6) is 2.45. The average molecular weight is 459 g/mol. The Kier molecular flexibility index (Phi) is 5.16. The van der Waals surface area contributed by atoms with E-state index < -0.39 is 8.32 Å². The maximum absolute atomic E-state index is 6.64. The number of nitrogens with zero attached hydrogens (tertiary/aromatic N) is 2. The highest BCUT2D eigenvalue weighted by molar-refractivity contribution is 6.74. The number of fused-ring (bicyclic) bond motifs is 2. The second-order valence-electron chi connectivity index (χ2n) is 10.0. The van der Waals surface area contributed by atoms with Gasteiger partial charge in [0.2, 0.25) is 0 Å². The van der Waals surface area contributed by atoms with Crippen LogP contribution in [0, 0.1) is 0 Å². The number of furan rings is 1. The van der Waals surface area contributed by atoms with Gasteiger partial charge in [0, 0.05) is 29.2 Å². The van der Waals surface area contributed by atoms with Crippen molar-refractivity contribution >= 4 is 47.3 Å². The number of rotatable bonds is 5. The first-order valence-electron chi connectivity index (χ1n) is 11.4. The van der Waals surface area contributed by atoms with Crippen molar-refractivity contribution in [3.63, 3.8) is 0 Å². The van der Waals surface area contributed by atoms with Gasteiger partial charge >= 0.3 is 0 Å². The molecule has 5 rings (SSSR count). The van der Waals surface area contributed by atoms with Crippen molar-refractivity contribution in [2.75, 3.05) is 18.4 Å². The summed E-state index contributed by atoms with van der Waals surface area (Å²) >= 11 is 0. The second-order valence-corrected chi connectivity index (χ2v) is 14.7. The number of hydrogen-bond acceptors (Lipinski definition) is 6. The van der Waals surface area contributed by atoms with E-state index in [2.05, 4.69) is 90.9 Å². The van der Waals surface area contributed by atoms with E-state index in [1.807, 2.05) is 6.07 Å². The van der Waals surface area contributed by atoms with Gasteiger partial charge in [0.05, 0.1) is 18.4 Å². The molecule has 0 fully saturated rings. The van der Waals surface area contributed by atoms with Crippen molar-refractivity contribution in [1.82, 2.24) is 10.3 Å². The van der Waals surface area contributed by atoms with E-state index >= 15 is 0 Å². The van der Waals surface area contributed by atoms with Crippen molar-refractivity contribution in [1.29, 1.82) is 0 Å². The van der Waals surface area contributed by atoms with E-state index in [1.54, 1.807) is 12.4 Å². The molecule has 0 atom stereocenters. The molecule has 33 heavy (non-hydrogen) atoms. The Balaban J connectivity index is 1.53. The van der Waals surface area contributed by atoms with Crippen LogP contribution in [0.5, 0.6) is 5.75 Å². The van der Waals surface area contributed by atoms with Crippen LogP contribution in [0.15, 0.2) is 64.3 Å². The van der Waals surface area contributed by atoms with Crippen LogP contribution in [0.2, 0.25) is 18.1 Å². The summed E-state index contributed by atoms with van der Waals surface area (Å²) in [5, 5.41) is 10.3. The summed E-state index contributed by atoms with van der Waals surface area (Å²) in [4.78, 5) is 8.76. The third kappa shape index (κ3) is 3.97. The minimum absolute atomic E-state index is 0.140. The van der Waals surface area contributed by atoms with Crippen molar-refractivity contribution in [3.8, 4) is 5.75 Å². The fourth-order valence-electron chi connectivity index (χ4n) is 3.79. The number of amidine groups is 1. The van der Waals surface area contributed by atoms with Crippen LogP contribution in [-0.4, -0.2) is 32.2 Å². The summed E-state index contributed by atoms with van der Waals surface area (Å²) < 4.78 is 12.8. The highest BCUT2D eigenvalue weighted by Gasteiger charge is 2.39. The summed E-state index contributed by atoms with van der Waals surface area (Å²) in [6.07, 6.45) is 3.52. The minimum atomic E-state index is -1.94. The van der Waals surface area contributed by atoms with Gasteiger partial charge in [-0.2, -0.15) is 0 Å². The molecule has 0 radical (unpaired) electrons. The van der Waals surface area contributed by atoms with Crippen molar-refractivity contribution < 1.29 is 8.84 Å². The molecule has 3 heterocycles. The van der Waals surface area contributed by atoms with Gasteiger partial charge in [0.15, 0.2) is 17.2 Å². The molecule has 7 heteroatoms. The molecule has 2 aromatic heterocycles. The molecule has 1 aliphatic heterocycles. The van der Waals surface area contributed by atoms with Gasteiger partial charge in [0.1, 0.15) is 5.75 Å². The van der Waals surface area contributed by atoms with Gasteiger partial charge in [-0.1, -0.05) is 32.9 Å². The van der Waals surface area contributed by atoms with Crippen molar-refractivity contribution in [2.45, 2.75) is 38.9 Å². The van der Waals surface area contributed by atoms with E-state index in [0.29, 0.717) is 5.76 Å². The number of anilines is 2. The van der Waals surface area contributed by atoms with Gasteiger partial charge in [-0.05, 0) is 53.9 Å². The summed E-state index contributed by atoms with van der Waals surface area (Å²) in [6, 6.07) is 14.6. The van der Waals surface area contributed by atoms with Crippen molar-refractivity contribution in [2.24, 2.45) is 4.99 Å². The molecule has 0 saturated carbocycles. The number of benzene rings is 2. The minimum Gasteiger partial charge on any atom is -0.543 e. The lowest BCUT2D eigenvalue weighted by atomic mass is 10.1. The molecule has 0 aliphatic carbocycles. The van der Waals surface area contributed by atoms with E-state index in [9.17, 15) is 0 Å². The Labute approximate surface area is 195 Å². The first kappa shape index (κ1) is 21.5. The largest absolute Gasteiger partial charge is 0.543 e. The summed E-state index contributed by atoms with van der Waals surface area (Å²) in [5.41, 5.74) is 2.61. The Hall–Kier alpha value is -3.32. The number of pyridine rings is 1. The Bertz CT molecular complexity index is 1370. The lowest BCUT2D eigenvalue weighted by Gasteiger charge is -2.36. The van der Waals surface area contributed by atoms with Crippen molar-refractivity contribution in [3.05, 3.63) is 60.6 Å². The predicted molar refractivity (Wildman–Crippen MR) is 138 cm³/mol. The number of hydrogen-bond donors (Lipinski definition) is 2. The van der Waals surface area contributed by atoms with Gasteiger partial charge in [-0.3, -0.25) is 9.98 Å². The maximum atomic E-state index is 6.64. The quantitative estimate of drug-likeness (QED) is 0.336. The maximum Gasteiger partial charge on any atom is 0.250 e. The van der Waals surface area contributed by atoms with E-state index in [0.717, 1.165) is 57.8 Å². The van der Waals surface area contributed by atoms with Crippen LogP contribution in [-0.2, 0) is 0 Å². The Morgan fingerprint density at radius 3 is 2.70 bits per heavy atom. The van der Waals surface area contributed by atoms with E-state index in [4.69, 9.17) is 8.84 Å². The molecule has 2 aromatic carbocycles. The zero-order chi connectivity index (χ0) is 23.2. The molecule has 0 bridgehead atoms. The molecule has 0 unspecified atom stereocenters. The van der Waals surface area contributed by atoms with Crippen LogP contribution in [0.1, 0.15) is 26.5 Å². The smallest absolute Gasteiger partial charge is 0.250 e. The monoisotopic (exact) mass is 458 g/mol. The number of aromatic nitrogens is 1. The molecule has 0 spiro atoms. The van der Waals surface area contributed by atoms with Gasteiger partial charge in [-0.15, -0.1) is 0 Å². The third-order valence-electron chi connectivity index (χ3n) is 6.66. The molecule has 0 amide bonds. The Morgan fingerprint density at radius 2 is 1.94 bits per heavy atom. The van der Waals surface area contributed by atoms with Crippen LogP contribution < -0.4 is 15.1 Å². The highest BCUT2D eigenvalue weighted by Crippen LogP contribution is 2.40. The normalized spacial score (nSPS) is 14.4. The zero-order valence-electron chi connectivity index (χ0n) is 19.8. The molecular weight excluding hydrogens is 428 g/mol. The predicted octanol–water partition coefficient (Wildman–Crippen LogP) is 6.46. The average Bonchev–Trinajstić information content (AvgIpc) is 3.41. The topological polar surface area (TPSA) is 71.7 Å². The van der Waals surface area contributed by atoms with Gasteiger partial charge in [0.25, 0.3) is 8.32 Å². The molecule has 4 aromatic rings. The standard InChI is InChI=1S/C26H30N4O2Si/c1-26(2,3)33(4,5)32-21-8-6-7-17-15-18(9-10-19(17)21)30-23-20-11-12-27-16-22(20)31-24(23)25-28-13-14-29-25/h6-12,15-16,30H,13-14H2,1-5H3,(H,28,29). The van der Waals surface area contributed by atoms with Crippen LogP contribution >= 0.6 is 0 Å². The fraction of sp³-hybridized carbons (Fsp3) is 0.308. The lowest BCUT2D eigenvalue weighted by Crippen LogP contribution is -2.43. The zero-order valence-corrected chi connectivity index (χ0v) is 20.8. The SMILES string of the molecule is CC(C)(C)[Si](C)(C)Oc1cccc2cc(Nc3c(C4=NCCN4)oc4cnccc34)ccc12. The van der Waals surface area contributed by atoms with Gasteiger partial charge in [-0.25, -0.2) is 0 Å². The second kappa shape index (κ2) is 7.92. The van der Waals surface area contributed by atoms with Crippen LogP contribution in [0.4, 0.5) is 11.4 Å². The first-order valence-corrected chi connectivity index (χ1v) is 14.3. The summed E-state index contributed by atoms with van der Waals surface area (Å²) in [6.45, 7) is 12.9. The molecule has 2 N–H and O–H groups in total. The van der Waals surface area contributed by atoms with E-state index in [-0.39, 0.29) is 5.04 Å². The molecule has 0 saturated heterocycles. The fourth-order valence-corrected chi connectivity index (χ4v) is 4.82. The first-order chi connectivity index (χ1) is 15.7. The lowest BCUT2D eigenvalue weighted by molar-refractivity contribution is 0.496. The highest BCUT2D eigenvalue weighted by atomic mass is 28.4. The molecule has 1 aliphatic rings. The van der Waals surface area contributed by atoms with Crippen LogP contribution in [0.3, 0.4) is 0 Å². The molecule has 6 nitrogen and oxygen atoms in total. The number of aliphatic imine (C=N–C) groups is 1. The van der Waals surface area contributed by atoms with E-state index in [1.165, 1.54) is 0 Å². The third-order valence-corrected chi connectivity index (χ3v) is 11.0. The molecular formula is C26H30N4O2Si. The van der Waals surface area contributed by atoms with Gasteiger partial charge < -0.3 is 19.5 Å². The van der Waals surface area contributed by atoms with Crippen LogP contribution in [0.25, 0.3) is 21.7 Å². The summed E-state index contributed by atoms with van der Waals surface area (Å²) in [7, 11) is -1.94. The number of nitrogens with one attached hydrogen (secondary N) is 2.